The van der Waals surface area contributed by atoms with Gasteiger partial charge in [-0.15, -0.1) is 0 Å². The van der Waals surface area contributed by atoms with E-state index in [2.05, 4.69) is 15.9 Å². The van der Waals surface area contributed by atoms with Crippen molar-refractivity contribution < 1.29 is 14.5 Å². The number of nitro benzene ring substituents is 1. The van der Waals surface area contributed by atoms with Crippen molar-refractivity contribution in [1.29, 1.82) is 0 Å². The number of carbonyl (C=O) groups excluding carboxylic acids is 1. The number of likely N-dealkylation sites (N-methyl/N-ethyl adjacent to an activating group) is 1. The standard InChI is InChI=1S/C13H17BrN2O4/c1-3-15(7-8-20-4-2)13(17)11-9-10(16(18)19)5-6-12(11)14/h5-6,9H,3-4,7-8H2,1-2H3. The normalized spacial score (nSPS) is 10.3. The highest BCUT2D eigenvalue weighted by Crippen LogP contribution is 2.23. The Morgan fingerprint density at radius 3 is 2.70 bits per heavy atom. The minimum absolute atomic E-state index is 0.0996. The molecule has 0 saturated carbocycles. The SMILES string of the molecule is CCOCCN(CC)C(=O)c1cc([N+](=O)[O-])ccc1Br. The first-order valence-corrected chi connectivity index (χ1v) is 7.11. The van der Waals surface area contributed by atoms with E-state index in [4.69, 9.17) is 4.74 Å². The lowest BCUT2D eigenvalue weighted by molar-refractivity contribution is -0.384. The lowest BCUT2D eigenvalue weighted by Crippen LogP contribution is -2.34. The van der Waals surface area contributed by atoms with Crippen molar-refractivity contribution in [2.24, 2.45) is 0 Å². The van der Waals surface area contributed by atoms with E-state index >= 15 is 0 Å². The summed E-state index contributed by atoms with van der Waals surface area (Å²) in [7, 11) is 0. The van der Waals surface area contributed by atoms with Crippen LogP contribution >= 0.6 is 15.9 Å². The molecule has 0 heterocycles. The fourth-order valence-electron chi connectivity index (χ4n) is 1.68. The molecule has 0 spiro atoms. The van der Waals surface area contributed by atoms with Gasteiger partial charge in [0.05, 0.1) is 17.1 Å². The van der Waals surface area contributed by atoms with Crippen molar-refractivity contribution in [2.75, 3.05) is 26.3 Å². The predicted molar refractivity (Wildman–Crippen MR) is 78.9 cm³/mol. The van der Waals surface area contributed by atoms with Gasteiger partial charge < -0.3 is 9.64 Å². The summed E-state index contributed by atoms with van der Waals surface area (Å²) in [6.07, 6.45) is 0. The maximum Gasteiger partial charge on any atom is 0.270 e. The molecule has 0 aliphatic rings. The Morgan fingerprint density at radius 1 is 1.45 bits per heavy atom. The number of benzene rings is 1. The molecule has 7 heteroatoms. The Hall–Kier alpha value is -1.47. The molecule has 0 bridgehead atoms. The number of hydrogen-bond donors (Lipinski definition) is 0. The van der Waals surface area contributed by atoms with Gasteiger partial charge in [0.15, 0.2) is 0 Å². The number of halogens is 1. The molecular formula is C13H17BrN2O4. The largest absolute Gasteiger partial charge is 0.380 e. The Kier molecular flexibility index (Phi) is 6.60. The van der Waals surface area contributed by atoms with E-state index in [1.54, 1.807) is 4.90 Å². The Balaban J connectivity index is 2.93. The van der Waals surface area contributed by atoms with E-state index in [0.29, 0.717) is 30.8 Å². The van der Waals surface area contributed by atoms with Crippen molar-refractivity contribution in [3.63, 3.8) is 0 Å². The number of hydrogen-bond acceptors (Lipinski definition) is 4. The lowest BCUT2D eigenvalue weighted by atomic mass is 10.1. The second-order valence-corrected chi connectivity index (χ2v) is 4.86. The first kappa shape index (κ1) is 16.6. The zero-order valence-electron chi connectivity index (χ0n) is 11.5. The third kappa shape index (κ3) is 4.28. The molecule has 20 heavy (non-hydrogen) atoms. The fraction of sp³-hybridized carbons (Fsp3) is 0.462. The second kappa shape index (κ2) is 7.96. The van der Waals surface area contributed by atoms with Gasteiger partial charge in [0, 0.05) is 36.3 Å². The average molecular weight is 345 g/mol. The van der Waals surface area contributed by atoms with E-state index in [1.807, 2.05) is 13.8 Å². The second-order valence-electron chi connectivity index (χ2n) is 4.00. The molecule has 0 aliphatic heterocycles. The van der Waals surface area contributed by atoms with Crippen LogP contribution in [0.1, 0.15) is 24.2 Å². The summed E-state index contributed by atoms with van der Waals surface area (Å²) in [6.45, 7) is 5.75. The highest BCUT2D eigenvalue weighted by molar-refractivity contribution is 9.10. The number of rotatable bonds is 7. The molecule has 0 radical (unpaired) electrons. The molecule has 110 valence electrons. The molecule has 1 aromatic rings. The monoisotopic (exact) mass is 344 g/mol. The van der Waals surface area contributed by atoms with Crippen LogP contribution in [0, 0.1) is 10.1 Å². The van der Waals surface area contributed by atoms with Gasteiger partial charge in [-0.05, 0) is 35.8 Å². The van der Waals surface area contributed by atoms with E-state index in [1.165, 1.54) is 18.2 Å². The number of nitrogens with zero attached hydrogens (tertiary/aromatic N) is 2. The molecule has 0 atom stereocenters. The summed E-state index contributed by atoms with van der Waals surface area (Å²) in [5, 5.41) is 10.8. The van der Waals surface area contributed by atoms with Gasteiger partial charge in [0.25, 0.3) is 11.6 Å². The van der Waals surface area contributed by atoms with Gasteiger partial charge in [-0.25, -0.2) is 0 Å². The summed E-state index contributed by atoms with van der Waals surface area (Å²) < 4.78 is 5.77. The summed E-state index contributed by atoms with van der Waals surface area (Å²) in [5.41, 5.74) is 0.190. The van der Waals surface area contributed by atoms with Crippen LogP contribution in [0.15, 0.2) is 22.7 Å². The van der Waals surface area contributed by atoms with Gasteiger partial charge in [-0.1, -0.05) is 0 Å². The van der Waals surface area contributed by atoms with Crippen molar-refractivity contribution in [2.45, 2.75) is 13.8 Å². The van der Waals surface area contributed by atoms with Crippen LogP contribution < -0.4 is 0 Å². The third-order valence-corrected chi connectivity index (χ3v) is 3.46. The molecule has 0 saturated heterocycles. The highest BCUT2D eigenvalue weighted by atomic mass is 79.9. The van der Waals surface area contributed by atoms with Gasteiger partial charge in [0.1, 0.15) is 0 Å². The molecule has 0 aliphatic carbocycles. The molecule has 0 aromatic heterocycles. The Bertz CT molecular complexity index is 493. The summed E-state index contributed by atoms with van der Waals surface area (Å²) in [4.78, 5) is 24.2. The zero-order chi connectivity index (χ0) is 15.1. The van der Waals surface area contributed by atoms with Crippen LogP contribution in [-0.2, 0) is 4.74 Å². The molecular weight excluding hydrogens is 328 g/mol. The molecule has 0 fully saturated rings. The summed E-state index contributed by atoms with van der Waals surface area (Å²) in [6, 6.07) is 4.16. The Morgan fingerprint density at radius 2 is 2.15 bits per heavy atom. The first-order chi connectivity index (χ1) is 9.51. The Labute approximate surface area is 126 Å². The van der Waals surface area contributed by atoms with Crippen LogP contribution in [0.4, 0.5) is 5.69 Å². The van der Waals surface area contributed by atoms with Crippen molar-refractivity contribution >= 4 is 27.5 Å². The third-order valence-electron chi connectivity index (χ3n) is 2.77. The van der Waals surface area contributed by atoms with Crippen molar-refractivity contribution in [3.05, 3.63) is 38.3 Å². The smallest absolute Gasteiger partial charge is 0.270 e. The number of amides is 1. The fourth-order valence-corrected chi connectivity index (χ4v) is 2.10. The van der Waals surface area contributed by atoms with Crippen molar-refractivity contribution in [1.82, 2.24) is 4.90 Å². The molecule has 0 unspecified atom stereocenters. The van der Waals surface area contributed by atoms with E-state index < -0.39 is 4.92 Å². The average Bonchev–Trinajstić information content (AvgIpc) is 2.43. The minimum atomic E-state index is -0.514. The van der Waals surface area contributed by atoms with Gasteiger partial charge in [-0.3, -0.25) is 14.9 Å². The van der Waals surface area contributed by atoms with Crippen molar-refractivity contribution in [3.8, 4) is 0 Å². The summed E-state index contributed by atoms with van der Waals surface area (Å²) in [5.74, 6) is -0.247. The molecule has 1 amide bonds. The van der Waals surface area contributed by atoms with Crippen LogP contribution in [0.3, 0.4) is 0 Å². The number of carbonyl (C=O) groups is 1. The highest BCUT2D eigenvalue weighted by Gasteiger charge is 2.19. The van der Waals surface area contributed by atoms with Gasteiger partial charge in [-0.2, -0.15) is 0 Å². The van der Waals surface area contributed by atoms with Crippen LogP contribution in [0.25, 0.3) is 0 Å². The van der Waals surface area contributed by atoms with Crippen LogP contribution in [0.5, 0.6) is 0 Å². The zero-order valence-corrected chi connectivity index (χ0v) is 13.1. The quantitative estimate of drug-likeness (QED) is 0.433. The molecule has 1 rings (SSSR count). The molecule has 6 nitrogen and oxygen atoms in total. The van der Waals surface area contributed by atoms with E-state index in [-0.39, 0.29) is 17.2 Å². The van der Waals surface area contributed by atoms with Gasteiger partial charge in [0.2, 0.25) is 0 Å². The number of non-ortho nitro benzene ring substituents is 1. The summed E-state index contributed by atoms with van der Waals surface area (Å²) >= 11 is 3.26. The van der Waals surface area contributed by atoms with Crippen LogP contribution in [0.2, 0.25) is 0 Å². The van der Waals surface area contributed by atoms with Crippen LogP contribution in [-0.4, -0.2) is 42.0 Å². The lowest BCUT2D eigenvalue weighted by Gasteiger charge is -2.21. The predicted octanol–water partition coefficient (Wildman–Crippen LogP) is 2.86. The van der Waals surface area contributed by atoms with Gasteiger partial charge >= 0.3 is 0 Å². The number of ether oxygens (including phenoxy) is 1. The molecule has 1 aromatic carbocycles. The molecule has 0 N–H and O–H groups in total. The topological polar surface area (TPSA) is 72.7 Å². The number of nitro groups is 1. The van der Waals surface area contributed by atoms with E-state index in [0.717, 1.165) is 0 Å². The maximum atomic E-state index is 12.4. The minimum Gasteiger partial charge on any atom is -0.380 e. The first-order valence-electron chi connectivity index (χ1n) is 6.32. The van der Waals surface area contributed by atoms with E-state index in [9.17, 15) is 14.9 Å². The maximum absolute atomic E-state index is 12.4.